The quantitative estimate of drug-likeness (QED) is 0.841. The molecule has 1 heterocycles. The van der Waals surface area contributed by atoms with E-state index in [1.54, 1.807) is 12.1 Å². The number of aliphatic hydroxyl groups is 1. The monoisotopic (exact) mass is 232 g/mol. The van der Waals surface area contributed by atoms with Crippen molar-refractivity contribution in [2.75, 3.05) is 6.26 Å². The second-order valence-electron chi connectivity index (χ2n) is 4.17. The molecule has 1 aromatic heterocycles. The van der Waals surface area contributed by atoms with E-state index in [2.05, 4.69) is 0 Å². The van der Waals surface area contributed by atoms with Crippen molar-refractivity contribution in [1.82, 2.24) is 0 Å². The molecule has 86 valence electrons. The van der Waals surface area contributed by atoms with Crippen molar-refractivity contribution in [3.8, 4) is 0 Å². The van der Waals surface area contributed by atoms with Crippen LogP contribution >= 0.6 is 0 Å². The summed E-state index contributed by atoms with van der Waals surface area (Å²) in [6, 6.07) is 3.41. The molecule has 1 atom stereocenters. The third kappa shape index (κ3) is 2.60. The highest BCUT2D eigenvalue weighted by molar-refractivity contribution is 7.92. The zero-order valence-corrected chi connectivity index (χ0v) is 9.91. The van der Waals surface area contributed by atoms with Gasteiger partial charge < -0.3 is 9.52 Å². The Hall–Kier alpha value is -0.810. The van der Waals surface area contributed by atoms with Gasteiger partial charge in [0.15, 0.2) is 9.84 Å². The van der Waals surface area contributed by atoms with E-state index in [1.807, 2.05) is 0 Å². The highest BCUT2D eigenvalue weighted by Crippen LogP contribution is 2.23. The van der Waals surface area contributed by atoms with Crippen molar-refractivity contribution in [3.05, 3.63) is 24.2 Å². The molecule has 1 N–H and O–H groups in total. The first-order valence-corrected chi connectivity index (χ1v) is 6.54. The third-order valence-corrected chi connectivity index (χ3v) is 4.92. The Morgan fingerprint density at radius 3 is 2.53 bits per heavy atom. The number of hydrogen-bond donors (Lipinski definition) is 1. The molecule has 0 aliphatic carbocycles. The van der Waals surface area contributed by atoms with E-state index in [-0.39, 0.29) is 6.42 Å². The molecule has 15 heavy (non-hydrogen) atoms. The summed E-state index contributed by atoms with van der Waals surface area (Å²) in [5.74, 6) is 0.583. The van der Waals surface area contributed by atoms with E-state index >= 15 is 0 Å². The second-order valence-corrected chi connectivity index (χ2v) is 6.77. The average molecular weight is 232 g/mol. The van der Waals surface area contributed by atoms with E-state index in [4.69, 9.17) is 4.42 Å². The number of sulfone groups is 1. The van der Waals surface area contributed by atoms with Crippen LogP contribution in [0, 0.1) is 0 Å². The predicted molar refractivity (Wildman–Crippen MR) is 57.3 cm³/mol. The maximum absolute atomic E-state index is 11.4. The number of hydrogen-bond acceptors (Lipinski definition) is 4. The van der Waals surface area contributed by atoms with Crippen LogP contribution in [0.25, 0.3) is 0 Å². The molecule has 0 aromatic carbocycles. The van der Waals surface area contributed by atoms with Gasteiger partial charge in [0, 0.05) is 12.7 Å². The lowest BCUT2D eigenvalue weighted by molar-refractivity contribution is 0.131. The Morgan fingerprint density at radius 1 is 1.53 bits per heavy atom. The minimum absolute atomic E-state index is 0.201. The molecule has 0 fully saturated rings. The first-order valence-electron chi connectivity index (χ1n) is 4.65. The summed E-state index contributed by atoms with van der Waals surface area (Å²) in [7, 11) is -3.30. The highest BCUT2D eigenvalue weighted by atomic mass is 32.2. The van der Waals surface area contributed by atoms with Crippen LogP contribution in [-0.4, -0.2) is 30.6 Å². The Bertz CT molecular complexity index is 403. The summed E-state index contributed by atoms with van der Waals surface area (Å²) in [6.45, 7) is 3.02. The predicted octanol–water partition coefficient (Wildman–Crippen LogP) is 1.01. The van der Waals surface area contributed by atoms with Gasteiger partial charge in [-0.05, 0) is 26.0 Å². The van der Waals surface area contributed by atoms with Crippen molar-refractivity contribution in [2.24, 2.45) is 0 Å². The molecular formula is C10H16O4S. The van der Waals surface area contributed by atoms with Crippen LogP contribution < -0.4 is 0 Å². The van der Waals surface area contributed by atoms with Gasteiger partial charge in [0.25, 0.3) is 0 Å². The van der Waals surface area contributed by atoms with E-state index in [0.29, 0.717) is 5.76 Å². The Kier molecular flexibility index (Phi) is 3.25. The first-order chi connectivity index (χ1) is 6.75. The van der Waals surface area contributed by atoms with Gasteiger partial charge in [0.1, 0.15) is 5.76 Å². The minimum Gasteiger partial charge on any atom is -0.469 e. The zero-order valence-electron chi connectivity index (χ0n) is 9.10. The van der Waals surface area contributed by atoms with Gasteiger partial charge in [-0.15, -0.1) is 0 Å². The molecule has 0 bridgehead atoms. The number of furan rings is 1. The lowest BCUT2D eigenvalue weighted by Crippen LogP contribution is -2.44. The normalized spacial score (nSPS) is 15.2. The molecule has 0 saturated carbocycles. The summed E-state index contributed by atoms with van der Waals surface area (Å²) in [4.78, 5) is 0. The summed E-state index contributed by atoms with van der Waals surface area (Å²) in [5, 5.41) is 9.85. The average Bonchev–Trinajstić information content (AvgIpc) is 2.54. The molecule has 5 heteroatoms. The maximum Gasteiger partial charge on any atom is 0.155 e. The number of aliphatic hydroxyl groups excluding tert-OH is 1. The van der Waals surface area contributed by atoms with Crippen LogP contribution in [0.4, 0.5) is 0 Å². The number of rotatable bonds is 4. The molecule has 1 aromatic rings. The van der Waals surface area contributed by atoms with Crippen LogP contribution in [0.2, 0.25) is 0 Å². The molecule has 1 unspecified atom stereocenters. The largest absolute Gasteiger partial charge is 0.469 e. The molecule has 0 radical (unpaired) electrons. The van der Waals surface area contributed by atoms with Crippen molar-refractivity contribution in [3.63, 3.8) is 0 Å². The van der Waals surface area contributed by atoms with Gasteiger partial charge in [0.05, 0.1) is 17.1 Å². The SMILES string of the molecule is CC(C)(C(O)Cc1ccco1)S(C)(=O)=O. The molecule has 0 saturated heterocycles. The first kappa shape index (κ1) is 12.3. The Balaban J connectivity index is 2.81. The van der Waals surface area contributed by atoms with Crippen molar-refractivity contribution in [2.45, 2.75) is 31.1 Å². The van der Waals surface area contributed by atoms with E-state index in [9.17, 15) is 13.5 Å². The summed E-state index contributed by atoms with van der Waals surface area (Å²) in [5.41, 5.74) is 0. The van der Waals surface area contributed by atoms with Crippen molar-refractivity contribution < 1.29 is 17.9 Å². The topological polar surface area (TPSA) is 67.5 Å². The molecule has 0 spiro atoms. The second kappa shape index (κ2) is 3.98. The van der Waals surface area contributed by atoms with Crippen LogP contribution in [0.15, 0.2) is 22.8 Å². The zero-order chi connectivity index (χ0) is 11.7. The fourth-order valence-corrected chi connectivity index (χ4v) is 1.69. The van der Waals surface area contributed by atoms with Gasteiger partial charge in [-0.2, -0.15) is 0 Å². The lowest BCUT2D eigenvalue weighted by atomic mass is 10.0. The molecule has 0 amide bonds. The van der Waals surface area contributed by atoms with Crippen LogP contribution in [0.1, 0.15) is 19.6 Å². The minimum atomic E-state index is -3.30. The molecular weight excluding hydrogens is 216 g/mol. The van der Waals surface area contributed by atoms with Gasteiger partial charge in [-0.1, -0.05) is 0 Å². The third-order valence-electron chi connectivity index (χ3n) is 2.73. The fraction of sp³-hybridized carbons (Fsp3) is 0.600. The van der Waals surface area contributed by atoms with E-state index in [0.717, 1.165) is 6.26 Å². The van der Waals surface area contributed by atoms with Crippen LogP contribution in [0.3, 0.4) is 0 Å². The van der Waals surface area contributed by atoms with Crippen LogP contribution in [0.5, 0.6) is 0 Å². The van der Waals surface area contributed by atoms with Crippen molar-refractivity contribution >= 4 is 9.84 Å². The smallest absolute Gasteiger partial charge is 0.155 e. The summed E-state index contributed by atoms with van der Waals surface area (Å²) >= 11 is 0. The fourth-order valence-electron chi connectivity index (χ4n) is 1.11. The summed E-state index contributed by atoms with van der Waals surface area (Å²) in [6.07, 6.45) is 1.85. The van der Waals surface area contributed by atoms with Crippen LogP contribution in [-0.2, 0) is 16.3 Å². The standard InChI is InChI=1S/C10H16O4S/c1-10(2,15(3,12)13)9(11)7-8-5-4-6-14-8/h4-6,9,11H,7H2,1-3H3. The molecule has 0 aliphatic heterocycles. The van der Waals surface area contributed by atoms with Gasteiger partial charge in [0.2, 0.25) is 0 Å². The van der Waals surface area contributed by atoms with E-state index in [1.165, 1.54) is 20.1 Å². The van der Waals surface area contributed by atoms with Crippen molar-refractivity contribution in [1.29, 1.82) is 0 Å². The Morgan fingerprint density at radius 2 is 2.13 bits per heavy atom. The molecule has 1 rings (SSSR count). The van der Waals surface area contributed by atoms with E-state index < -0.39 is 20.7 Å². The van der Waals surface area contributed by atoms with Gasteiger partial charge >= 0.3 is 0 Å². The maximum atomic E-state index is 11.4. The van der Waals surface area contributed by atoms with Gasteiger partial charge in [-0.25, -0.2) is 8.42 Å². The Labute approximate surface area is 89.8 Å². The lowest BCUT2D eigenvalue weighted by Gasteiger charge is -2.27. The van der Waals surface area contributed by atoms with Gasteiger partial charge in [-0.3, -0.25) is 0 Å². The molecule has 4 nitrogen and oxygen atoms in total. The summed E-state index contributed by atoms with van der Waals surface area (Å²) < 4.78 is 26.8. The highest BCUT2D eigenvalue weighted by Gasteiger charge is 2.38. The molecule has 0 aliphatic rings.